The van der Waals surface area contributed by atoms with E-state index in [1.165, 1.54) is 30.7 Å². The lowest BCUT2D eigenvalue weighted by molar-refractivity contribution is 0.103. The largest absolute Gasteiger partial charge is 0.494 e. The van der Waals surface area contributed by atoms with Crippen LogP contribution >= 0.6 is 0 Å². The Morgan fingerprint density at radius 3 is 1.76 bits per heavy atom. The third-order valence-electron chi connectivity index (χ3n) is 2.53. The fourth-order valence-corrected chi connectivity index (χ4v) is 1.64. The van der Waals surface area contributed by atoms with Gasteiger partial charge >= 0.3 is 0 Å². The highest BCUT2D eigenvalue weighted by molar-refractivity contribution is 6.08. The zero-order valence-electron chi connectivity index (χ0n) is 12.7. The number of halogens is 1. The molecule has 0 bridgehead atoms. The van der Waals surface area contributed by atoms with Crippen molar-refractivity contribution in [2.45, 2.75) is 27.2 Å². The summed E-state index contributed by atoms with van der Waals surface area (Å²) < 4.78 is 18.1. The topological polar surface area (TPSA) is 26.3 Å². The Kier molecular flexibility index (Phi) is 7.16. The number of hydrogen-bond acceptors (Lipinski definition) is 2. The van der Waals surface area contributed by atoms with Crippen molar-refractivity contribution in [3.63, 3.8) is 0 Å². The summed E-state index contributed by atoms with van der Waals surface area (Å²) in [6.07, 6.45) is 1.25. The summed E-state index contributed by atoms with van der Waals surface area (Å²) in [6, 6.07) is 12.4. The van der Waals surface area contributed by atoms with Gasteiger partial charge in [0.1, 0.15) is 11.6 Å². The zero-order chi connectivity index (χ0) is 15.7. The van der Waals surface area contributed by atoms with Crippen molar-refractivity contribution in [2.75, 3.05) is 6.61 Å². The van der Waals surface area contributed by atoms with Crippen molar-refractivity contribution >= 4 is 5.78 Å². The minimum absolute atomic E-state index is 0.127. The summed E-state index contributed by atoms with van der Waals surface area (Å²) in [6.45, 7) is 6.74. The summed E-state index contributed by atoms with van der Waals surface area (Å²) in [7, 11) is 0. The third kappa shape index (κ3) is 5.38. The van der Waals surface area contributed by atoms with Gasteiger partial charge in [0.2, 0.25) is 0 Å². The van der Waals surface area contributed by atoms with Crippen molar-refractivity contribution in [1.29, 1.82) is 0 Å². The van der Waals surface area contributed by atoms with Gasteiger partial charge in [-0.3, -0.25) is 4.79 Å². The van der Waals surface area contributed by atoms with Crippen LogP contribution in [0.15, 0.2) is 48.5 Å². The number of carbonyl (C=O) groups is 1. The molecule has 2 aromatic carbocycles. The van der Waals surface area contributed by atoms with Gasteiger partial charge in [-0.1, -0.05) is 20.3 Å². The van der Waals surface area contributed by atoms with Crippen molar-refractivity contribution in [2.24, 2.45) is 0 Å². The molecule has 2 nitrogen and oxygen atoms in total. The van der Waals surface area contributed by atoms with Crippen LogP contribution in [0.1, 0.15) is 43.1 Å². The van der Waals surface area contributed by atoms with Gasteiger partial charge in [-0.05, 0) is 55.5 Å². The van der Waals surface area contributed by atoms with E-state index in [-0.39, 0.29) is 11.6 Å². The Balaban J connectivity index is 0.000000677. The van der Waals surface area contributed by atoms with Crippen molar-refractivity contribution in [3.8, 4) is 5.75 Å². The van der Waals surface area contributed by atoms with Crippen LogP contribution in [0.2, 0.25) is 0 Å². The van der Waals surface area contributed by atoms with E-state index in [0.29, 0.717) is 17.7 Å². The van der Waals surface area contributed by atoms with E-state index in [1.54, 1.807) is 24.3 Å². The molecule has 0 fully saturated rings. The van der Waals surface area contributed by atoms with Crippen LogP contribution < -0.4 is 4.74 Å². The van der Waals surface area contributed by atoms with E-state index in [1.807, 2.05) is 6.92 Å². The molecule has 3 heteroatoms. The highest BCUT2D eigenvalue weighted by Gasteiger charge is 2.08. The molecule has 0 spiro atoms. The zero-order valence-corrected chi connectivity index (χ0v) is 12.7. The number of rotatable bonds is 4. The molecule has 2 rings (SSSR count). The Bertz CT molecular complexity index is 544. The minimum Gasteiger partial charge on any atom is -0.494 e. The molecule has 0 atom stereocenters. The maximum absolute atomic E-state index is 12.8. The lowest BCUT2D eigenvalue weighted by Gasteiger charge is -2.04. The van der Waals surface area contributed by atoms with Crippen molar-refractivity contribution in [3.05, 3.63) is 65.5 Å². The van der Waals surface area contributed by atoms with Gasteiger partial charge in [0.15, 0.2) is 5.78 Å². The monoisotopic (exact) mass is 288 g/mol. The highest BCUT2D eigenvalue weighted by Crippen LogP contribution is 2.15. The average molecular weight is 288 g/mol. The molecule has 0 unspecified atom stereocenters. The fraction of sp³-hybridized carbons (Fsp3) is 0.278. The van der Waals surface area contributed by atoms with Gasteiger partial charge in [-0.2, -0.15) is 0 Å². The van der Waals surface area contributed by atoms with Crippen LogP contribution in [0.3, 0.4) is 0 Å². The molecule has 0 saturated heterocycles. The quantitative estimate of drug-likeness (QED) is 0.750. The normalized spacial score (nSPS) is 9.52. The smallest absolute Gasteiger partial charge is 0.193 e. The van der Waals surface area contributed by atoms with E-state index in [9.17, 15) is 9.18 Å². The molecular weight excluding hydrogens is 267 g/mol. The second kappa shape index (κ2) is 8.90. The first kappa shape index (κ1) is 16.9. The summed E-state index contributed by atoms with van der Waals surface area (Å²) >= 11 is 0. The Hall–Kier alpha value is -2.16. The number of benzene rings is 2. The van der Waals surface area contributed by atoms with Gasteiger partial charge in [0.05, 0.1) is 6.61 Å². The molecule has 0 aliphatic carbocycles. The second-order valence-corrected chi connectivity index (χ2v) is 4.50. The van der Waals surface area contributed by atoms with Crippen LogP contribution in [-0.2, 0) is 0 Å². The van der Waals surface area contributed by atoms with Crippen LogP contribution in [0.5, 0.6) is 5.75 Å². The van der Waals surface area contributed by atoms with Gasteiger partial charge < -0.3 is 4.74 Å². The third-order valence-corrected chi connectivity index (χ3v) is 2.53. The van der Waals surface area contributed by atoms with Crippen LogP contribution in [-0.4, -0.2) is 12.4 Å². The number of ether oxygens (including phenoxy) is 1. The molecule has 0 saturated carbocycles. The Morgan fingerprint density at radius 2 is 1.33 bits per heavy atom. The molecular formula is C18H21FO2. The Morgan fingerprint density at radius 1 is 0.905 bits per heavy atom. The lowest BCUT2D eigenvalue weighted by Crippen LogP contribution is -2.01. The Labute approximate surface area is 125 Å². The molecule has 0 aromatic heterocycles. The second-order valence-electron chi connectivity index (χ2n) is 4.50. The summed E-state index contributed by atoms with van der Waals surface area (Å²) in [5, 5.41) is 0. The van der Waals surface area contributed by atoms with Crippen LogP contribution in [0, 0.1) is 5.82 Å². The van der Waals surface area contributed by atoms with E-state index in [0.717, 1.165) is 5.75 Å². The van der Waals surface area contributed by atoms with Crippen molar-refractivity contribution < 1.29 is 13.9 Å². The maximum Gasteiger partial charge on any atom is 0.193 e. The van der Waals surface area contributed by atoms with Crippen LogP contribution in [0.25, 0.3) is 0 Å². The molecule has 0 heterocycles. The SMILES string of the molecule is CCC.CCOc1ccc(C(=O)c2ccc(F)cc2)cc1. The lowest BCUT2D eigenvalue weighted by atomic mass is 10.0. The molecule has 0 aliphatic heterocycles. The molecule has 112 valence electrons. The number of hydrogen-bond donors (Lipinski definition) is 0. The molecule has 2 aromatic rings. The number of ketones is 1. The molecule has 0 N–H and O–H groups in total. The average Bonchev–Trinajstić information content (AvgIpc) is 2.49. The van der Waals surface area contributed by atoms with Gasteiger partial charge in [-0.15, -0.1) is 0 Å². The minimum atomic E-state index is -0.349. The predicted octanol–water partition coefficient (Wildman–Crippen LogP) is 4.87. The first-order chi connectivity index (χ1) is 10.1. The van der Waals surface area contributed by atoms with Crippen LogP contribution in [0.4, 0.5) is 4.39 Å². The molecule has 0 amide bonds. The maximum atomic E-state index is 12.8. The van der Waals surface area contributed by atoms with E-state index in [4.69, 9.17) is 4.74 Å². The van der Waals surface area contributed by atoms with E-state index in [2.05, 4.69) is 13.8 Å². The van der Waals surface area contributed by atoms with Gasteiger partial charge in [-0.25, -0.2) is 4.39 Å². The van der Waals surface area contributed by atoms with Gasteiger partial charge in [0, 0.05) is 11.1 Å². The van der Waals surface area contributed by atoms with Crippen molar-refractivity contribution in [1.82, 2.24) is 0 Å². The summed E-state index contributed by atoms with van der Waals surface area (Å²) in [5.74, 6) is 0.254. The highest BCUT2D eigenvalue weighted by atomic mass is 19.1. The molecule has 21 heavy (non-hydrogen) atoms. The predicted molar refractivity (Wildman–Crippen MR) is 83.4 cm³/mol. The first-order valence-corrected chi connectivity index (χ1v) is 7.15. The molecule has 0 aliphatic rings. The molecule has 0 radical (unpaired) electrons. The number of carbonyl (C=O) groups excluding carboxylic acids is 1. The van der Waals surface area contributed by atoms with E-state index >= 15 is 0 Å². The summed E-state index contributed by atoms with van der Waals surface area (Å²) in [4.78, 5) is 12.1. The summed E-state index contributed by atoms with van der Waals surface area (Å²) in [5.41, 5.74) is 1.03. The fourth-order valence-electron chi connectivity index (χ4n) is 1.64. The first-order valence-electron chi connectivity index (χ1n) is 7.15. The van der Waals surface area contributed by atoms with Gasteiger partial charge in [0.25, 0.3) is 0 Å². The standard InChI is InChI=1S/C15H13FO2.C3H8/c1-2-18-14-9-5-12(6-10-14)15(17)11-3-7-13(16)8-4-11;1-3-2/h3-10H,2H2,1H3;3H2,1-2H3. The van der Waals surface area contributed by atoms with E-state index < -0.39 is 0 Å².